The molecule has 2 aliphatic heterocycles. The third-order valence-corrected chi connectivity index (χ3v) is 4.81. The summed E-state index contributed by atoms with van der Waals surface area (Å²) in [4.78, 5) is 21.2. The van der Waals surface area contributed by atoms with E-state index >= 15 is 0 Å². The number of amides is 1. The van der Waals surface area contributed by atoms with Crippen LogP contribution in [0.5, 0.6) is 0 Å². The SMILES string of the molecule is O=C(c1cncc(N2CCc3ccccc32)c1)N1CCCCC1. The van der Waals surface area contributed by atoms with Gasteiger partial charge in [0.2, 0.25) is 0 Å². The maximum absolute atomic E-state index is 12.7. The normalized spacial score (nSPS) is 17.2. The van der Waals surface area contributed by atoms with E-state index in [0.29, 0.717) is 5.56 Å². The first kappa shape index (κ1) is 14.2. The zero-order valence-corrected chi connectivity index (χ0v) is 13.2. The van der Waals surface area contributed by atoms with Crippen molar-refractivity contribution in [2.75, 3.05) is 24.5 Å². The fourth-order valence-corrected chi connectivity index (χ4v) is 3.58. The topological polar surface area (TPSA) is 36.4 Å². The second-order valence-corrected chi connectivity index (χ2v) is 6.32. The quantitative estimate of drug-likeness (QED) is 0.853. The summed E-state index contributed by atoms with van der Waals surface area (Å²) in [7, 11) is 0. The number of rotatable bonds is 2. The van der Waals surface area contributed by atoms with Crippen molar-refractivity contribution >= 4 is 17.3 Å². The highest BCUT2D eigenvalue weighted by atomic mass is 16.2. The molecule has 0 bridgehead atoms. The Morgan fingerprint density at radius 3 is 2.70 bits per heavy atom. The number of piperidine rings is 1. The molecule has 2 aromatic rings. The van der Waals surface area contributed by atoms with Crippen LogP contribution in [-0.4, -0.2) is 35.4 Å². The summed E-state index contributed by atoms with van der Waals surface area (Å²) in [5.74, 6) is 0.117. The van der Waals surface area contributed by atoms with Gasteiger partial charge in [0.1, 0.15) is 0 Å². The molecule has 0 radical (unpaired) electrons. The summed E-state index contributed by atoms with van der Waals surface area (Å²) in [5, 5.41) is 0. The number of likely N-dealkylation sites (tertiary alicyclic amines) is 1. The molecule has 0 atom stereocenters. The van der Waals surface area contributed by atoms with Crippen molar-refractivity contribution in [2.45, 2.75) is 25.7 Å². The Hall–Kier alpha value is -2.36. The van der Waals surface area contributed by atoms with Crippen molar-refractivity contribution in [1.82, 2.24) is 9.88 Å². The van der Waals surface area contributed by atoms with Crippen LogP contribution in [0.2, 0.25) is 0 Å². The number of carbonyl (C=O) groups excluding carboxylic acids is 1. The third kappa shape index (κ3) is 2.69. The van der Waals surface area contributed by atoms with E-state index in [9.17, 15) is 4.79 Å². The van der Waals surface area contributed by atoms with Gasteiger partial charge in [-0.3, -0.25) is 9.78 Å². The van der Waals surface area contributed by atoms with Crippen molar-refractivity contribution in [3.05, 3.63) is 53.9 Å². The smallest absolute Gasteiger partial charge is 0.255 e. The van der Waals surface area contributed by atoms with Gasteiger partial charge in [-0.2, -0.15) is 0 Å². The minimum absolute atomic E-state index is 0.117. The van der Waals surface area contributed by atoms with Crippen LogP contribution >= 0.6 is 0 Å². The van der Waals surface area contributed by atoms with E-state index in [2.05, 4.69) is 34.1 Å². The first-order chi connectivity index (χ1) is 11.3. The Balaban J connectivity index is 1.61. The summed E-state index contributed by atoms with van der Waals surface area (Å²) < 4.78 is 0. The Kier molecular flexibility index (Phi) is 3.74. The minimum atomic E-state index is 0.117. The lowest BCUT2D eigenvalue weighted by Gasteiger charge is -2.27. The molecule has 4 nitrogen and oxygen atoms in total. The zero-order chi connectivity index (χ0) is 15.6. The Labute approximate surface area is 136 Å². The fourth-order valence-electron chi connectivity index (χ4n) is 3.58. The van der Waals surface area contributed by atoms with E-state index in [4.69, 9.17) is 0 Å². The van der Waals surface area contributed by atoms with E-state index < -0.39 is 0 Å². The number of fused-ring (bicyclic) bond motifs is 1. The first-order valence-corrected chi connectivity index (χ1v) is 8.43. The predicted molar refractivity (Wildman–Crippen MR) is 91.1 cm³/mol. The predicted octanol–water partition coefficient (Wildman–Crippen LogP) is 3.40. The summed E-state index contributed by atoms with van der Waals surface area (Å²) in [6.07, 6.45) is 8.04. The van der Waals surface area contributed by atoms with E-state index in [-0.39, 0.29) is 5.91 Å². The fraction of sp³-hybridized carbons (Fsp3) is 0.368. The number of aromatic nitrogens is 1. The summed E-state index contributed by atoms with van der Waals surface area (Å²) in [6.45, 7) is 2.69. The van der Waals surface area contributed by atoms with Gasteiger partial charge in [-0.1, -0.05) is 18.2 Å². The van der Waals surface area contributed by atoms with Gasteiger partial charge >= 0.3 is 0 Å². The van der Waals surface area contributed by atoms with Gasteiger partial charge in [0, 0.05) is 31.5 Å². The molecule has 0 saturated carbocycles. The summed E-state index contributed by atoms with van der Waals surface area (Å²) >= 11 is 0. The van der Waals surface area contributed by atoms with Crippen LogP contribution in [0.1, 0.15) is 35.2 Å². The van der Waals surface area contributed by atoms with E-state index in [1.807, 2.05) is 17.2 Å². The van der Waals surface area contributed by atoms with Gasteiger partial charge < -0.3 is 9.80 Å². The number of hydrogen-bond donors (Lipinski definition) is 0. The van der Waals surface area contributed by atoms with Crippen LogP contribution in [-0.2, 0) is 6.42 Å². The van der Waals surface area contributed by atoms with Crippen molar-refractivity contribution in [2.24, 2.45) is 0 Å². The maximum atomic E-state index is 12.7. The van der Waals surface area contributed by atoms with Crippen molar-refractivity contribution in [3.63, 3.8) is 0 Å². The van der Waals surface area contributed by atoms with Crippen molar-refractivity contribution in [3.8, 4) is 0 Å². The average Bonchev–Trinajstić information content (AvgIpc) is 3.06. The molecule has 0 aliphatic carbocycles. The van der Waals surface area contributed by atoms with Gasteiger partial charge in [-0.25, -0.2) is 0 Å². The Morgan fingerprint density at radius 2 is 1.83 bits per heavy atom. The second kappa shape index (κ2) is 6.03. The molecular formula is C19H21N3O. The van der Waals surface area contributed by atoms with Gasteiger partial charge in [-0.15, -0.1) is 0 Å². The third-order valence-electron chi connectivity index (χ3n) is 4.81. The molecule has 4 heteroatoms. The highest BCUT2D eigenvalue weighted by Crippen LogP contribution is 2.34. The van der Waals surface area contributed by atoms with Crippen LogP contribution in [0.4, 0.5) is 11.4 Å². The summed E-state index contributed by atoms with van der Waals surface area (Å²) in [5.41, 5.74) is 4.31. The van der Waals surface area contributed by atoms with Gasteiger partial charge in [-0.05, 0) is 43.4 Å². The lowest BCUT2D eigenvalue weighted by Crippen LogP contribution is -2.35. The van der Waals surface area contributed by atoms with Crippen LogP contribution in [0.15, 0.2) is 42.7 Å². The molecule has 118 valence electrons. The average molecular weight is 307 g/mol. The molecule has 0 N–H and O–H groups in total. The monoisotopic (exact) mass is 307 g/mol. The van der Waals surface area contributed by atoms with E-state index in [1.54, 1.807) is 6.20 Å². The second-order valence-electron chi connectivity index (χ2n) is 6.32. The zero-order valence-electron chi connectivity index (χ0n) is 13.2. The molecule has 23 heavy (non-hydrogen) atoms. The minimum Gasteiger partial charge on any atom is -0.340 e. The lowest BCUT2D eigenvalue weighted by atomic mass is 10.1. The van der Waals surface area contributed by atoms with Crippen molar-refractivity contribution in [1.29, 1.82) is 0 Å². The molecule has 1 amide bonds. The first-order valence-electron chi connectivity index (χ1n) is 8.43. The molecule has 1 aromatic carbocycles. The molecule has 3 heterocycles. The van der Waals surface area contributed by atoms with Gasteiger partial charge in [0.25, 0.3) is 5.91 Å². The number of pyridine rings is 1. The molecule has 4 rings (SSSR count). The van der Waals surface area contributed by atoms with Crippen LogP contribution in [0.3, 0.4) is 0 Å². The van der Waals surface area contributed by atoms with Crippen molar-refractivity contribution < 1.29 is 4.79 Å². The maximum Gasteiger partial charge on any atom is 0.255 e. The molecule has 2 aliphatic rings. The molecule has 0 spiro atoms. The number of benzene rings is 1. The molecule has 0 unspecified atom stereocenters. The molecule has 1 saturated heterocycles. The standard InChI is InChI=1S/C19H21N3O/c23-19(21-9-4-1-5-10-21)16-12-17(14-20-13-16)22-11-8-15-6-2-3-7-18(15)22/h2-3,6-7,12-14H,1,4-5,8-11H2. The van der Waals surface area contributed by atoms with E-state index in [0.717, 1.165) is 44.6 Å². The molecular weight excluding hydrogens is 286 g/mol. The molecule has 1 aromatic heterocycles. The highest BCUT2D eigenvalue weighted by molar-refractivity contribution is 5.95. The number of hydrogen-bond acceptors (Lipinski definition) is 3. The number of anilines is 2. The summed E-state index contributed by atoms with van der Waals surface area (Å²) in [6, 6.07) is 10.4. The highest BCUT2D eigenvalue weighted by Gasteiger charge is 2.23. The number of carbonyl (C=O) groups is 1. The Bertz CT molecular complexity index is 722. The lowest BCUT2D eigenvalue weighted by molar-refractivity contribution is 0.0724. The van der Waals surface area contributed by atoms with Gasteiger partial charge in [0.15, 0.2) is 0 Å². The van der Waals surface area contributed by atoms with Crippen LogP contribution in [0, 0.1) is 0 Å². The van der Waals surface area contributed by atoms with E-state index in [1.165, 1.54) is 17.7 Å². The molecule has 1 fully saturated rings. The van der Waals surface area contributed by atoms with Gasteiger partial charge in [0.05, 0.1) is 17.4 Å². The number of nitrogens with zero attached hydrogens (tertiary/aromatic N) is 3. The largest absolute Gasteiger partial charge is 0.340 e. The Morgan fingerprint density at radius 1 is 1.00 bits per heavy atom. The number of para-hydroxylation sites is 1. The van der Waals surface area contributed by atoms with Crippen LogP contribution < -0.4 is 4.90 Å². The van der Waals surface area contributed by atoms with Crippen LogP contribution in [0.25, 0.3) is 0 Å².